The van der Waals surface area contributed by atoms with Gasteiger partial charge in [-0.05, 0) is 21.6 Å². The summed E-state index contributed by atoms with van der Waals surface area (Å²) in [6.45, 7) is 0. The van der Waals surface area contributed by atoms with Crippen molar-refractivity contribution < 1.29 is 49.0 Å². The van der Waals surface area contributed by atoms with Crippen LogP contribution in [-0.2, 0) is 20.8 Å². The minimum Gasteiger partial charge on any atom is -0.543 e. The van der Waals surface area contributed by atoms with Crippen LogP contribution in [0.2, 0.25) is 0 Å². The van der Waals surface area contributed by atoms with Crippen molar-refractivity contribution in [2.45, 2.75) is 23.3 Å². The third kappa shape index (κ3) is 4.78. The molecule has 3 aliphatic rings. The van der Waals surface area contributed by atoms with E-state index in [2.05, 4.69) is 26.0 Å². The van der Waals surface area contributed by atoms with Gasteiger partial charge in [-0.3, -0.25) is 14.5 Å². The Balaban J connectivity index is 0.00000256. The first-order chi connectivity index (χ1) is 14.0. The molecule has 150 valence electrons. The van der Waals surface area contributed by atoms with E-state index < -0.39 is 28.8 Å². The van der Waals surface area contributed by atoms with Crippen molar-refractivity contribution in [3.8, 4) is 0 Å². The molecule has 0 spiro atoms. The molecule has 4 rings (SSSR count). The van der Waals surface area contributed by atoms with Gasteiger partial charge in [0.05, 0.1) is 18.1 Å². The molecule has 1 aromatic rings. The Kier molecular flexibility index (Phi) is 7.69. The topological polar surface area (TPSA) is 139 Å². The van der Waals surface area contributed by atoms with Crippen molar-refractivity contribution in [1.29, 1.82) is 0 Å². The van der Waals surface area contributed by atoms with Crippen molar-refractivity contribution in [2.24, 2.45) is 20.7 Å². The molecule has 30 heavy (non-hydrogen) atoms. The first kappa shape index (κ1) is 22.9. The Labute approximate surface area is 202 Å². The fourth-order valence-corrected chi connectivity index (χ4v) is 5.47. The van der Waals surface area contributed by atoms with Crippen LogP contribution in [-0.4, -0.2) is 51.1 Å². The summed E-state index contributed by atoms with van der Waals surface area (Å²) in [4.78, 5) is 37.8. The molecule has 0 aromatic heterocycles. The summed E-state index contributed by atoms with van der Waals surface area (Å²) in [5.74, 6) is -1.45. The molecular formula is C17H15N6NaO4S2. The molecule has 0 bridgehead atoms. The molecule has 1 fully saturated rings. The van der Waals surface area contributed by atoms with Crippen LogP contribution in [0.1, 0.15) is 5.56 Å². The number of hydrogen-bond donors (Lipinski definition) is 1. The molecule has 0 aliphatic carbocycles. The zero-order chi connectivity index (χ0) is 20.4. The van der Waals surface area contributed by atoms with Gasteiger partial charge in [-0.15, -0.1) is 33.8 Å². The number of amides is 2. The first-order valence-electron chi connectivity index (χ1n) is 8.67. The maximum absolute atomic E-state index is 12.6. The van der Waals surface area contributed by atoms with Crippen molar-refractivity contribution in [3.05, 3.63) is 47.2 Å². The van der Waals surface area contributed by atoms with E-state index in [1.54, 1.807) is 0 Å². The Morgan fingerprint density at radius 3 is 2.60 bits per heavy atom. The number of fused-ring (bicyclic) bond motifs is 1. The second-order valence-electron chi connectivity index (χ2n) is 6.40. The zero-order valence-electron chi connectivity index (χ0n) is 15.9. The second kappa shape index (κ2) is 10.1. The molecule has 3 heterocycles. The van der Waals surface area contributed by atoms with Crippen molar-refractivity contribution in [3.63, 3.8) is 0 Å². The molecule has 13 heteroatoms. The molecule has 0 saturated carbocycles. The largest absolute Gasteiger partial charge is 1.00 e. The average Bonchev–Trinajstić information content (AvgIpc) is 3.24. The van der Waals surface area contributed by atoms with E-state index in [0.717, 1.165) is 5.56 Å². The van der Waals surface area contributed by atoms with Gasteiger partial charge in [-0.25, -0.2) is 0 Å². The van der Waals surface area contributed by atoms with Crippen molar-refractivity contribution >= 4 is 41.3 Å². The van der Waals surface area contributed by atoms with Gasteiger partial charge in [0.2, 0.25) is 11.4 Å². The fraction of sp³-hybridized carbons (Fsp3) is 0.353. The van der Waals surface area contributed by atoms with E-state index >= 15 is 0 Å². The fourth-order valence-electron chi connectivity index (χ4n) is 3.19. The van der Waals surface area contributed by atoms with Gasteiger partial charge in [0.15, 0.2) is 0 Å². The van der Waals surface area contributed by atoms with Gasteiger partial charge in [0, 0.05) is 11.5 Å². The summed E-state index contributed by atoms with van der Waals surface area (Å²) >= 11 is 2.67. The van der Waals surface area contributed by atoms with Gasteiger partial charge in [0.25, 0.3) is 5.91 Å². The quantitative estimate of drug-likeness (QED) is 0.357. The number of rotatable bonds is 7. The number of thioether (sulfide) groups is 2. The third-order valence-electron chi connectivity index (χ3n) is 4.51. The Hall–Kier alpha value is -1.73. The van der Waals surface area contributed by atoms with E-state index in [9.17, 15) is 19.5 Å². The second-order valence-corrected chi connectivity index (χ2v) is 8.55. The summed E-state index contributed by atoms with van der Waals surface area (Å²) in [7, 11) is 0. The van der Waals surface area contributed by atoms with Crippen LogP contribution in [0.3, 0.4) is 0 Å². The monoisotopic (exact) mass is 454 g/mol. The van der Waals surface area contributed by atoms with Gasteiger partial charge >= 0.3 is 29.6 Å². The van der Waals surface area contributed by atoms with Gasteiger partial charge < -0.3 is 15.2 Å². The van der Waals surface area contributed by atoms with E-state index in [-0.39, 0.29) is 47.6 Å². The zero-order valence-corrected chi connectivity index (χ0v) is 19.6. The smallest absolute Gasteiger partial charge is 0.543 e. The number of hydrogen-bond acceptors (Lipinski definition) is 10. The van der Waals surface area contributed by atoms with Crippen LogP contribution < -0.4 is 40.0 Å². The maximum atomic E-state index is 12.6. The summed E-state index contributed by atoms with van der Waals surface area (Å²) in [6.07, 6.45) is 0.150. The van der Waals surface area contributed by atoms with Crippen LogP contribution in [0.4, 0.5) is 0 Å². The summed E-state index contributed by atoms with van der Waals surface area (Å²) in [5.41, 5.74) is 0.744. The number of carbonyl (C=O) groups excluding carboxylic acids is 3. The number of carboxylic acid groups (broad SMARTS) is 1. The van der Waals surface area contributed by atoms with Gasteiger partial charge in [-0.1, -0.05) is 30.3 Å². The predicted molar refractivity (Wildman–Crippen MR) is 103 cm³/mol. The molecule has 1 aromatic carbocycles. The number of β-lactam (4-membered cyclic amide) rings is 1. The Morgan fingerprint density at radius 1 is 1.23 bits per heavy atom. The van der Waals surface area contributed by atoms with Crippen molar-refractivity contribution in [1.82, 2.24) is 10.2 Å². The number of carboxylic acids is 1. The maximum Gasteiger partial charge on any atom is 1.00 e. The Morgan fingerprint density at radius 2 is 1.93 bits per heavy atom. The third-order valence-corrected chi connectivity index (χ3v) is 6.85. The van der Waals surface area contributed by atoms with Crippen LogP contribution >= 0.6 is 23.5 Å². The number of carbonyl (C=O) groups is 3. The number of aliphatic carboxylic acids is 1. The first-order valence-corrected chi connectivity index (χ1v) is 10.8. The summed E-state index contributed by atoms with van der Waals surface area (Å²) in [6, 6.07) is 8.43. The standard InChI is InChI=1S/C17H16N6O4S2.Na/c24-11(6-9-4-2-1-3-5-9)18-12-14(25)23-13(16(26)27)10(7-28-15(12)23)8-29-17-19-21-22-20-17;/h1-5,12,15,17H,6-8H2,(H,18,24)(H,26,27);/q;+1/p-1. The van der Waals surface area contributed by atoms with Crippen LogP contribution in [0.5, 0.6) is 0 Å². The van der Waals surface area contributed by atoms with E-state index in [4.69, 9.17) is 0 Å². The molecule has 0 radical (unpaired) electrons. The van der Waals surface area contributed by atoms with E-state index in [0.29, 0.717) is 17.1 Å². The Bertz CT molecular complexity index is 929. The number of nitrogens with zero attached hydrogens (tertiary/aromatic N) is 5. The molecule has 1 saturated heterocycles. The van der Waals surface area contributed by atoms with Gasteiger partial charge in [0.1, 0.15) is 11.4 Å². The molecule has 10 nitrogen and oxygen atoms in total. The summed E-state index contributed by atoms with van der Waals surface area (Å²) in [5, 5.41) is 28.3. The minimum absolute atomic E-state index is 0. The average molecular weight is 454 g/mol. The number of benzene rings is 1. The molecule has 3 aliphatic heterocycles. The molecule has 2 unspecified atom stereocenters. The number of nitrogens with one attached hydrogen (secondary N) is 1. The molecule has 1 N–H and O–H groups in total. The van der Waals surface area contributed by atoms with Crippen LogP contribution in [0, 0.1) is 0 Å². The summed E-state index contributed by atoms with van der Waals surface area (Å²) < 4.78 is 0. The SMILES string of the molecule is O=C(Cc1ccccc1)NC1C(=O)N2C(C(=O)[O-])=C(CSC3N=NN=N3)CSC12.[Na+]. The minimum atomic E-state index is -1.41. The molecule has 2 amide bonds. The normalized spacial score (nSPS) is 22.4. The molecule has 2 atom stereocenters. The van der Waals surface area contributed by atoms with Crippen molar-refractivity contribution in [2.75, 3.05) is 11.5 Å². The predicted octanol–water partition coefficient (Wildman–Crippen LogP) is -2.51. The van der Waals surface area contributed by atoms with Crippen LogP contribution in [0.15, 0.2) is 62.3 Å². The molecular weight excluding hydrogens is 439 g/mol. The van der Waals surface area contributed by atoms with E-state index in [1.807, 2.05) is 30.3 Å². The van der Waals surface area contributed by atoms with Gasteiger partial charge in [-0.2, -0.15) is 0 Å². The van der Waals surface area contributed by atoms with E-state index in [1.165, 1.54) is 28.4 Å². The van der Waals surface area contributed by atoms with Crippen LogP contribution in [0.25, 0.3) is 0 Å².